The van der Waals surface area contributed by atoms with E-state index in [-0.39, 0.29) is 5.54 Å². The number of likely N-dealkylation sites (N-methyl/N-ethyl adjacent to an activating group) is 1. The van der Waals surface area contributed by atoms with Crippen LogP contribution in [-0.2, 0) is 6.54 Å². The molecule has 0 radical (unpaired) electrons. The van der Waals surface area contributed by atoms with Gasteiger partial charge in [-0.2, -0.15) is 0 Å². The van der Waals surface area contributed by atoms with Gasteiger partial charge < -0.3 is 5.73 Å². The van der Waals surface area contributed by atoms with E-state index in [4.69, 9.17) is 5.73 Å². The molecule has 1 aromatic rings. The fraction of sp³-hybridized carbons (Fsp3) is 0.722. The maximum absolute atomic E-state index is 6.27. The summed E-state index contributed by atoms with van der Waals surface area (Å²) >= 11 is 0. The maximum Gasteiger partial charge on any atom is 0.0335 e. The van der Waals surface area contributed by atoms with Crippen LogP contribution in [0.3, 0.4) is 0 Å². The summed E-state index contributed by atoms with van der Waals surface area (Å²) in [6.07, 6.45) is 10.1. The smallest absolute Gasteiger partial charge is 0.0335 e. The molecule has 21 heavy (non-hydrogen) atoms. The molecule has 0 amide bonds. The molecule has 0 aromatic carbocycles. The van der Waals surface area contributed by atoms with Crippen LogP contribution in [0.15, 0.2) is 24.5 Å². The monoisotopic (exact) mass is 289 g/mol. The Labute approximate surface area is 129 Å². The zero-order valence-electron chi connectivity index (χ0n) is 13.9. The lowest BCUT2D eigenvalue weighted by Crippen LogP contribution is -2.53. The van der Waals surface area contributed by atoms with Crippen molar-refractivity contribution in [3.63, 3.8) is 0 Å². The van der Waals surface area contributed by atoms with Crippen LogP contribution in [0, 0.1) is 5.41 Å². The first-order valence-corrected chi connectivity index (χ1v) is 8.35. The third kappa shape index (κ3) is 4.04. The summed E-state index contributed by atoms with van der Waals surface area (Å²) < 4.78 is 0. The number of rotatable bonds is 5. The van der Waals surface area contributed by atoms with Crippen LogP contribution in [0.1, 0.15) is 58.4 Å². The lowest BCUT2D eigenvalue weighted by Gasteiger charge is -2.43. The summed E-state index contributed by atoms with van der Waals surface area (Å²) in [5.74, 6) is 0. The zero-order valence-corrected chi connectivity index (χ0v) is 13.9. The van der Waals surface area contributed by atoms with E-state index in [1.165, 1.54) is 37.7 Å². The zero-order chi connectivity index (χ0) is 15.3. The van der Waals surface area contributed by atoms with Gasteiger partial charge in [-0.15, -0.1) is 0 Å². The average molecular weight is 289 g/mol. The Kier molecular flexibility index (Phi) is 5.39. The number of hydrogen-bond acceptors (Lipinski definition) is 3. The van der Waals surface area contributed by atoms with Crippen molar-refractivity contribution in [1.29, 1.82) is 0 Å². The minimum atomic E-state index is 0.172. The van der Waals surface area contributed by atoms with Crippen LogP contribution in [0.2, 0.25) is 0 Å². The van der Waals surface area contributed by atoms with Crippen LogP contribution in [-0.4, -0.2) is 28.5 Å². The van der Waals surface area contributed by atoms with Gasteiger partial charge in [-0.25, -0.2) is 0 Å². The molecule has 2 N–H and O–H groups in total. The molecule has 1 fully saturated rings. The molecule has 1 unspecified atom stereocenters. The van der Waals surface area contributed by atoms with Crippen molar-refractivity contribution in [1.82, 2.24) is 9.88 Å². The second-order valence-electron chi connectivity index (χ2n) is 7.32. The van der Waals surface area contributed by atoms with Crippen LogP contribution in [0.25, 0.3) is 0 Å². The van der Waals surface area contributed by atoms with Crippen molar-refractivity contribution < 1.29 is 0 Å². The SMILES string of the molecule is CCN(Cc1ccncc1)C1(CN)CCCC(C)(C)CC1. The molecular weight excluding hydrogens is 258 g/mol. The first kappa shape index (κ1) is 16.4. The fourth-order valence-electron chi connectivity index (χ4n) is 3.69. The standard InChI is InChI=1S/C18H31N3/c1-4-21(14-16-6-12-20-13-7-16)18(15-19)9-5-8-17(2,3)10-11-18/h6-7,12-13H,4-5,8-11,14-15,19H2,1-3H3. The Bertz CT molecular complexity index is 429. The van der Waals surface area contributed by atoms with Crippen molar-refractivity contribution in [2.24, 2.45) is 11.1 Å². The molecule has 0 bridgehead atoms. The first-order valence-electron chi connectivity index (χ1n) is 8.35. The minimum absolute atomic E-state index is 0.172. The molecule has 3 heteroatoms. The third-order valence-electron chi connectivity index (χ3n) is 5.32. The fourth-order valence-corrected chi connectivity index (χ4v) is 3.69. The van der Waals surface area contributed by atoms with E-state index in [1.807, 2.05) is 12.4 Å². The van der Waals surface area contributed by atoms with Gasteiger partial charge in [0.15, 0.2) is 0 Å². The molecule has 1 aliphatic rings. The molecule has 2 rings (SSSR count). The van der Waals surface area contributed by atoms with Gasteiger partial charge >= 0.3 is 0 Å². The molecule has 1 saturated carbocycles. The number of aromatic nitrogens is 1. The second-order valence-corrected chi connectivity index (χ2v) is 7.32. The highest BCUT2D eigenvalue weighted by Gasteiger charge is 2.38. The highest BCUT2D eigenvalue weighted by Crippen LogP contribution is 2.40. The van der Waals surface area contributed by atoms with Crippen LogP contribution in [0.5, 0.6) is 0 Å². The van der Waals surface area contributed by atoms with E-state index >= 15 is 0 Å². The predicted molar refractivity (Wildman–Crippen MR) is 89.0 cm³/mol. The Morgan fingerprint density at radius 3 is 2.48 bits per heavy atom. The van der Waals surface area contributed by atoms with Crippen molar-refractivity contribution in [2.75, 3.05) is 13.1 Å². The molecule has 118 valence electrons. The summed E-state index contributed by atoms with van der Waals surface area (Å²) in [4.78, 5) is 6.72. The molecule has 1 heterocycles. The van der Waals surface area contributed by atoms with E-state index in [2.05, 4.69) is 42.8 Å². The van der Waals surface area contributed by atoms with Gasteiger partial charge in [0.05, 0.1) is 0 Å². The van der Waals surface area contributed by atoms with E-state index < -0.39 is 0 Å². The first-order chi connectivity index (χ1) is 10.0. The van der Waals surface area contributed by atoms with Gasteiger partial charge in [-0.1, -0.05) is 27.2 Å². The lowest BCUT2D eigenvalue weighted by atomic mass is 9.82. The summed E-state index contributed by atoms with van der Waals surface area (Å²) in [6, 6.07) is 4.24. The third-order valence-corrected chi connectivity index (χ3v) is 5.32. The quantitative estimate of drug-likeness (QED) is 0.842. The van der Waals surface area contributed by atoms with Gasteiger partial charge in [-0.3, -0.25) is 9.88 Å². The van der Waals surface area contributed by atoms with Crippen molar-refractivity contribution in [3.05, 3.63) is 30.1 Å². The number of pyridine rings is 1. The number of nitrogens with zero attached hydrogens (tertiary/aromatic N) is 2. The molecule has 1 aliphatic carbocycles. The minimum Gasteiger partial charge on any atom is -0.329 e. The second kappa shape index (κ2) is 6.89. The van der Waals surface area contributed by atoms with Crippen molar-refractivity contribution >= 4 is 0 Å². The van der Waals surface area contributed by atoms with Gasteiger partial charge in [0.2, 0.25) is 0 Å². The van der Waals surface area contributed by atoms with Gasteiger partial charge in [0, 0.05) is 31.0 Å². The summed E-state index contributed by atoms with van der Waals surface area (Å²) in [5.41, 5.74) is 8.25. The Hall–Kier alpha value is -0.930. The molecule has 1 atom stereocenters. The number of nitrogens with two attached hydrogens (primary N) is 1. The van der Waals surface area contributed by atoms with Gasteiger partial charge in [0.1, 0.15) is 0 Å². The Balaban J connectivity index is 2.16. The molecule has 0 saturated heterocycles. The van der Waals surface area contributed by atoms with Crippen molar-refractivity contribution in [3.8, 4) is 0 Å². The Morgan fingerprint density at radius 2 is 1.86 bits per heavy atom. The van der Waals surface area contributed by atoms with Crippen LogP contribution >= 0.6 is 0 Å². The number of hydrogen-bond donors (Lipinski definition) is 1. The summed E-state index contributed by atoms with van der Waals surface area (Å²) in [7, 11) is 0. The van der Waals surface area contributed by atoms with E-state index in [1.54, 1.807) is 0 Å². The van der Waals surface area contributed by atoms with Gasteiger partial charge in [0.25, 0.3) is 0 Å². The Morgan fingerprint density at radius 1 is 1.14 bits per heavy atom. The van der Waals surface area contributed by atoms with E-state index in [0.717, 1.165) is 19.6 Å². The highest BCUT2D eigenvalue weighted by molar-refractivity contribution is 5.11. The topological polar surface area (TPSA) is 42.2 Å². The normalized spacial score (nSPS) is 25.8. The van der Waals surface area contributed by atoms with Crippen LogP contribution < -0.4 is 5.73 Å². The summed E-state index contributed by atoms with van der Waals surface area (Å²) in [5, 5.41) is 0. The van der Waals surface area contributed by atoms with Gasteiger partial charge in [-0.05, 0) is 55.3 Å². The lowest BCUT2D eigenvalue weighted by molar-refractivity contribution is 0.0727. The predicted octanol–water partition coefficient (Wildman–Crippen LogP) is 3.59. The largest absolute Gasteiger partial charge is 0.329 e. The molecule has 1 aromatic heterocycles. The van der Waals surface area contributed by atoms with Crippen LogP contribution in [0.4, 0.5) is 0 Å². The molecular formula is C18H31N3. The average Bonchev–Trinajstić information content (AvgIpc) is 2.65. The van der Waals surface area contributed by atoms with Crippen molar-refractivity contribution in [2.45, 2.75) is 65.0 Å². The molecule has 0 aliphatic heterocycles. The van der Waals surface area contributed by atoms with E-state index in [9.17, 15) is 0 Å². The summed E-state index contributed by atoms with van der Waals surface area (Å²) in [6.45, 7) is 9.87. The maximum atomic E-state index is 6.27. The highest BCUT2D eigenvalue weighted by atomic mass is 15.2. The molecule has 3 nitrogen and oxygen atoms in total. The molecule has 0 spiro atoms. The van der Waals surface area contributed by atoms with E-state index in [0.29, 0.717) is 5.41 Å².